The van der Waals surface area contributed by atoms with Crippen LogP contribution in [0.3, 0.4) is 0 Å². The molecule has 1 heterocycles. The van der Waals surface area contributed by atoms with E-state index in [0.717, 1.165) is 0 Å². The number of hydrogen-bond acceptors (Lipinski definition) is 4. The fourth-order valence-electron chi connectivity index (χ4n) is 2.39. The second-order valence-corrected chi connectivity index (χ2v) is 6.47. The molecule has 1 saturated heterocycles. The van der Waals surface area contributed by atoms with Crippen molar-refractivity contribution in [2.24, 2.45) is 0 Å². The number of carbonyl (C=O) groups excluding carboxylic acids is 1. The van der Waals surface area contributed by atoms with Crippen LogP contribution in [0.15, 0.2) is 24.3 Å². The highest BCUT2D eigenvalue weighted by molar-refractivity contribution is 5.69. The van der Waals surface area contributed by atoms with Gasteiger partial charge in [0.25, 0.3) is 0 Å². The lowest BCUT2D eigenvalue weighted by molar-refractivity contribution is -0.274. The molecule has 0 aliphatic carbocycles. The fraction of sp³-hybridized carbons (Fsp3) is 0.562. The van der Waals surface area contributed by atoms with E-state index in [2.05, 4.69) is 4.74 Å². The molecule has 0 atom stereocenters. The van der Waals surface area contributed by atoms with Crippen LogP contribution in [-0.4, -0.2) is 49.1 Å². The molecule has 1 aliphatic rings. The van der Waals surface area contributed by atoms with Gasteiger partial charge in [0.2, 0.25) is 0 Å². The molecule has 0 radical (unpaired) electrons. The Kier molecular flexibility index (Phi) is 5.15. The zero-order valence-electron chi connectivity index (χ0n) is 13.9. The summed E-state index contributed by atoms with van der Waals surface area (Å²) in [5, 5.41) is 0. The smallest absolute Gasteiger partial charge is 0.444 e. The number of para-hydroxylation sites is 2. The Labute approximate surface area is 138 Å². The highest BCUT2D eigenvalue weighted by atomic mass is 19.4. The van der Waals surface area contributed by atoms with E-state index in [-0.39, 0.29) is 5.75 Å². The number of hydrogen-bond donors (Lipinski definition) is 0. The van der Waals surface area contributed by atoms with Crippen molar-refractivity contribution in [3.63, 3.8) is 0 Å². The number of halogens is 3. The largest absolute Gasteiger partial charge is 0.573 e. The number of benzene rings is 1. The molecule has 1 aromatic rings. The van der Waals surface area contributed by atoms with Crippen LogP contribution in [0.25, 0.3) is 0 Å². The van der Waals surface area contributed by atoms with E-state index in [4.69, 9.17) is 4.74 Å². The Morgan fingerprint density at radius 3 is 2.17 bits per heavy atom. The van der Waals surface area contributed by atoms with Crippen molar-refractivity contribution in [1.82, 2.24) is 4.90 Å². The number of anilines is 1. The molecule has 0 saturated carbocycles. The second-order valence-electron chi connectivity index (χ2n) is 6.47. The third-order valence-electron chi connectivity index (χ3n) is 3.36. The number of ether oxygens (including phenoxy) is 2. The second kappa shape index (κ2) is 6.78. The molecule has 2 rings (SSSR count). The number of amides is 1. The Morgan fingerprint density at radius 1 is 1.04 bits per heavy atom. The summed E-state index contributed by atoms with van der Waals surface area (Å²) in [5.41, 5.74) is -0.222. The molecule has 1 aromatic carbocycles. The minimum Gasteiger partial charge on any atom is -0.444 e. The van der Waals surface area contributed by atoms with E-state index in [1.165, 1.54) is 12.1 Å². The molecule has 0 bridgehead atoms. The number of alkyl halides is 3. The zero-order chi connectivity index (χ0) is 18.0. The monoisotopic (exact) mass is 346 g/mol. The Hall–Kier alpha value is -2.12. The van der Waals surface area contributed by atoms with Gasteiger partial charge in [0.1, 0.15) is 5.60 Å². The maximum Gasteiger partial charge on any atom is 0.573 e. The lowest BCUT2D eigenvalue weighted by Crippen LogP contribution is -2.50. The standard InChI is InChI=1S/C16H21F3N2O3/c1-15(2,3)24-14(22)21-10-8-20(9-11-21)12-6-4-5-7-13(12)23-16(17,18)19/h4-7H,8-11H2,1-3H3. The van der Waals surface area contributed by atoms with E-state index in [1.54, 1.807) is 42.7 Å². The summed E-state index contributed by atoms with van der Waals surface area (Å²) >= 11 is 0. The van der Waals surface area contributed by atoms with Gasteiger partial charge in [-0.3, -0.25) is 0 Å². The summed E-state index contributed by atoms with van der Waals surface area (Å²) in [6.45, 7) is 6.89. The average molecular weight is 346 g/mol. The first kappa shape index (κ1) is 18.2. The first-order valence-electron chi connectivity index (χ1n) is 7.63. The van der Waals surface area contributed by atoms with E-state index < -0.39 is 18.1 Å². The SMILES string of the molecule is CC(C)(C)OC(=O)N1CCN(c2ccccc2OC(F)(F)F)CC1. The minimum absolute atomic E-state index is 0.240. The van der Waals surface area contributed by atoms with E-state index in [9.17, 15) is 18.0 Å². The molecular weight excluding hydrogens is 325 g/mol. The summed E-state index contributed by atoms with van der Waals surface area (Å²) in [4.78, 5) is 15.3. The highest BCUT2D eigenvalue weighted by Gasteiger charge is 2.33. The van der Waals surface area contributed by atoms with Crippen LogP contribution in [0.4, 0.5) is 23.7 Å². The molecule has 1 aliphatic heterocycles. The predicted molar refractivity (Wildman–Crippen MR) is 83.1 cm³/mol. The van der Waals surface area contributed by atoms with Crippen molar-refractivity contribution >= 4 is 11.8 Å². The van der Waals surface area contributed by atoms with Gasteiger partial charge in [0.15, 0.2) is 5.75 Å². The van der Waals surface area contributed by atoms with Crippen LogP contribution >= 0.6 is 0 Å². The van der Waals surface area contributed by atoms with Gasteiger partial charge >= 0.3 is 12.5 Å². The molecule has 0 N–H and O–H groups in total. The predicted octanol–water partition coefficient (Wildman–Crippen LogP) is 3.64. The molecule has 0 unspecified atom stereocenters. The Morgan fingerprint density at radius 2 is 1.62 bits per heavy atom. The van der Waals surface area contributed by atoms with Crippen LogP contribution in [0.5, 0.6) is 5.75 Å². The van der Waals surface area contributed by atoms with E-state index in [0.29, 0.717) is 31.9 Å². The normalized spacial score (nSPS) is 16.1. The van der Waals surface area contributed by atoms with Gasteiger partial charge < -0.3 is 19.3 Å². The molecule has 1 fully saturated rings. The van der Waals surface area contributed by atoms with E-state index >= 15 is 0 Å². The van der Waals surface area contributed by atoms with Crippen LogP contribution in [0, 0.1) is 0 Å². The van der Waals surface area contributed by atoms with Crippen LogP contribution in [0.2, 0.25) is 0 Å². The number of piperazine rings is 1. The van der Waals surface area contributed by atoms with Gasteiger partial charge in [-0.15, -0.1) is 13.2 Å². The third kappa shape index (κ3) is 5.21. The van der Waals surface area contributed by atoms with Gasteiger partial charge in [-0.05, 0) is 32.9 Å². The van der Waals surface area contributed by atoms with Gasteiger partial charge in [0, 0.05) is 26.2 Å². The van der Waals surface area contributed by atoms with Crippen LogP contribution in [0.1, 0.15) is 20.8 Å². The number of nitrogens with zero attached hydrogens (tertiary/aromatic N) is 2. The molecule has 5 nitrogen and oxygen atoms in total. The first-order chi connectivity index (χ1) is 11.1. The van der Waals surface area contributed by atoms with Crippen molar-refractivity contribution in [1.29, 1.82) is 0 Å². The third-order valence-corrected chi connectivity index (χ3v) is 3.36. The van der Waals surface area contributed by atoms with Crippen molar-refractivity contribution in [3.05, 3.63) is 24.3 Å². The van der Waals surface area contributed by atoms with E-state index in [1.807, 2.05) is 0 Å². The maximum atomic E-state index is 12.5. The maximum absolute atomic E-state index is 12.5. The molecule has 0 spiro atoms. The quantitative estimate of drug-likeness (QED) is 0.820. The number of rotatable bonds is 2. The lowest BCUT2D eigenvalue weighted by Gasteiger charge is -2.37. The average Bonchev–Trinajstić information content (AvgIpc) is 2.44. The van der Waals surface area contributed by atoms with Crippen LogP contribution in [-0.2, 0) is 4.74 Å². The Bertz CT molecular complexity index is 577. The molecule has 1 amide bonds. The molecule has 0 aromatic heterocycles. The van der Waals surface area contributed by atoms with Crippen molar-refractivity contribution in [2.75, 3.05) is 31.1 Å². The summed E-state index contributed by atoms with van der Waals surface area (Å²) in [6, 6.07) is 5.99. The molecular formula is C16H21F3N2O3. The highest BCUT2D eigenvalue weighted by Crippen LogP contribution is 2.33. The molecule has 24 heavy (non-hydrogen) atoms. The summed E-state index contributed by atoms with van der Waals surface area (Å²) in [7, 11) is 0. The van der Waals surface area contributed by atoms with Gasteiger partial charge in [0.05, 0.1) is 5.69 Å². The number of carbonyl (C=O) groups is 1. The van der Waals surface area contributed by atoms with Crippen molar-refractivity contribution in [3.8, 4) is 5.75 Å². The van der Waals surface area contributed by atoms with Crippen LogP contribution < -0.4 is 9.64 Å². The van der Waals surface area contributed by atoms with Gasteiger partial charge in [-0.1, -0.05) is 12.1 Å². The minimum atomic E-state index is -4.74. The Balaban J connectivity index is 2.01. The molecule has 8 heteroatoms. The molecule has 134 valence electrons. The summed E-state index contributed by atoms with van der Waals surface area (Å²) in [5.74, 6) is -0.240. The van der Waals surface area contributed by atoms with Crippen molar-refractivity contribution in [2.45, 2.75) is 32.7 Å². The van der Waals surface area contributed by atoms with Gasteiger partial charge in [-0.2, -0.15) is 0 Å². The van der Waals surface area contributed by atoms with Crippen molar-refractivity contribution < 1.29 is 27.4 Å². The van der Waals surface area contributed by atoms with Gasteiger partial charge in [-0.25, -0.2) is 4.79 Å². The summed E-state index contributed by atoms with van der Waals surface area (Å²) in [6.07, 6.45) is -5.16. The summed E-state index contributed by atoms with van der Waals surface area (Å²) < 4.78 is 46.9. The fourth-order valence-corrected chi connectivity index (χ4v) is 2.39. The lowest BCUT2D eigenvalue weighted by atomic mass is 10.2. The topological polar surface area (TPSA) is 42.0 Å². The zero-order valence-corrected chi connectivity index (χ0v) is 13.9. The first-order valence-corrected chi connectivity index (χ1v) is 7.63.